The summed E-state index contributed by atoms with van der Waals surface area (Å²) in [6, 6.07) is 0. The number of piperazine rings is 1. The van der Waals surface area contributed by atoms with Crippen LogP contribution >= 0.6 is 0 Å². The van der Waals surface area contributed by atoms with Gasteiger partial charge in [-0.05, 0) is 7.05 Å². The van der Waals surface area contributed by atoms with E-state index < -0.39 is 10.0 Å². The summed E-state index contributed by atoms with van der Waals surface area (Å²) in [6.07, 6.45) is 2.72. The fourth-order valence-corrected chi connectivity index (χ4v) is 2.09. The minimum atomic E-state index is -3.79. The van der Waals surface area contributed by atoms with Gasteiger partial charge in [0.2, 0.25) is 0 Å². The fourth-order valence-electron chi connectivity index (χ4n) is 1.66. The maximum absolute atomic E-state index is 11.2. The van der Waals surface area contributed by atoms with Gasteiger partial charge in [-0.2, -0.15) is 0 Å². The lowest BCUT2D eigenvalue weighted by Crippen LogP contribution is -2.45. The molecule has 0 unspecified atom stereocenters. The van der Waals surface area contributed by atoms with Gasteiger partial charge in [-0.15, -0.1) is 0 Å². The number of nitrogens with two attached hydrogens (primary N) is 1. The molecule has 1 aromatic heterocycles. The highest BCUT2D eigenvalue weighted by atomic mass is 32.2. The van der Waals surface area contributed by atoms with E-state index in [1.54, 1.807) is 6.20 Å². The van der Waals surface area contributed by atoms with Gasteiger partial charge >= 0.3 is 0 Å². The smallest absolute Gasteiger partial charge is 0.257 e. The summed E-state index contributed by atoms with van der Waals surface area (Å²) >= 11 is 0. The Balaban J connectivity index is 2.22. The molecule has 0 atom stereocenters. The molecule has 8 heteroatoms. The first-order chi connectivity index (χ1) is 7.97. The SMILES string of the molecule is CN1CCN(c2cncc(S(N)(=O)=O)n2)CC1. The molecule has 1 saturated heterocycles. The van der Waals surface area contributed by atoms with E-state index in [1.807, 2.05) is 11.9 Å². The van der Waals surface area contributed by atoms with Crippen molar-refractivity contribution in [1.29, 1.82) is 0 Å². The van der Waals surface area contributed by atoms with E-state index in [0.29, 0.717) is 5.82 Å². The summed E-state index contributed by atoms with van der Waals surface area (Å²) in [5.74, 6) is 0.560. The predicted molar refractivity (Wildman–Crippen MR) is 63.1 cm³/mol. The van der Waals surface area contributed by atoms with Gasteiger partial charge in [0.05, 0.1) is 12.4 Å². The molecule has 0 amide bonds. The molecule has 0 radical (unpaired) electrons. The van der Waals surface area contributed by atoms with Crippen LogP contribution in [0.15, 0.2) is 17.4 Å². The van der Waals surface area contributed by atoms with E-state index >= 15 is 0 Å². The average molecular weight is 257 g/mol. The van der Waals surface area contributed by atoms with E-state index in [4.69, 9.17) is 5.14 Å². The van der Waals surface area contributed by atoms with Crippen molar-refractivity contribution in [3.8, 4) is 0 Å². The van der Waals surface area contributed by atoms with Gasteiger partial charge in [-0.1, -0.05) is 0 Å². The topological polar surface area (TPSA) is 92.4 Å². The Labute approximate surface area is 100 Å². The number of hydrogen-bond acceptors (Lipinski definition) is 6. The first kappa shape index (κ1) is 12.2. The number of aromatic nitrogens is 2. The van der Waals surface area contributed by atoms with E-state index in [-0.39, 0.29) is 5.03 Å². The van der Waals surface area contributed by atoms with Crippen molar-refractivity contribution in [3.63, 3.8) is 0 Å². The maximum Gasteiger partial charge on any atom is 0.257 e. The molecule has 1 aliphatic heterocycles. The Morgan fingerprint density at radius 3 is 2.47 bits per heavy atom. The standard InChI is InChI=1S/C9H15N5O2S/c1-13-2-4-14(5-3-13)8-6-11-7-9(12-8)17(10,15)16/h6-7H,2-5H2,1H3,(H2,10,15,16). The van der Waals surface area contributed by atoms with Gasteiger partial charge < -0.3 is 9.80 Å². The molecule has 0 spiro atoms. The Kier molecular flexibility index (Phi) is 3.27. The molecule has 2 rings (SSSR count). The average Bonchev–Trinajstić information content (AvgIpc) is 2.29. The Bertz CT molecular complexity index is 496. The van der Waals surface area contributed by atoms with Crippen molar-refractivity contribution in [2.75, 3.05) is 38.1 Å². The molecule has 0 bridgehead atoms. The molecule has 1 fully saturated rings. The number of hydrogen-bond donors (Lipinski definition) is 1. The number of sulfonamides is 1. The molecule has 0 aliphatic carbocycles. The van der Waals surface area contributed by atoms with Crippen LogP contribution in [0.3, 0.4) is 0 Å². The molecular weight excluding hydrogens is 242 g/mol. The van der Waals surface area contributed by atoms with E-state index in [2.05, 4.69) is 14.9 Å². The quantitative estimate of drug-likeness (QED) is 0.721. The minimum Gasteiger partial charge on any atom is -0.353 e. The van der Waals surface area contributed by atoms with Crippen LogP contribution in [-0.2, 0) is 10.0 Å². The second-order valence-electron chi connectivity index (χ2n) is 4.05. The van der Waals surface area contributed by atoms with E-state index in [9.17, 15) is 8.42 Å². The van der Waals surface area contributed by atoms with Gasteiger partial charge in [-0.25, -0.2) is 18.5 Å². The summed E-state index contributed by atoms with van der Waals surface area (Å²) in [5.41, 5.74) is 0. The summed E-state index contributed by atoms with van der Waals surface area (Å²) < 4.78 is 22.3. The van der Waals surface area contributed by atoms with E-state index in [1.165, 1.54) is 0 Å². The van der Waals surface area contributed by atoms with Gasteiger partial charge in [0.25, 0.3) is 10.0 Å². The number of rotatable bonds is 2. The Hall–Kier alpha value is -1.25. The first-order valence-electron chi connectivity index (χ1n) is 5.25. The molecular formula is C9H15N5O2S. The third-order valence-electron chi connectivity index (χ3n) is 2.72. The third kappa shape index (κ3) is 2.90. The van der Waals surface area contributed by atoms with Crippen LogP contribution in [0.25, 0.3) is 0 Å². The molecule has 94 valence electrons. The summed E-state index contributed by atoms with van der Waals surface area (Å²) in [7, 11) is -1.74. The highest BCUT2D eigenvalue weighted by Crippen LogP contribution is 2.13. The summed E-state index contributed by atoms with van der Waals surface area (Å²) in [5, 5.41) is 4.83. The lowest BCUT2D eigenvalue weighted by Gasteiger charge is -2.32. The molecule has 0 aromatic carbocycles. The van der Waals surface area contributed by atoms with Crippen LogP contribution in [0.2, 0.25) is 0 Å². The van der Waals surface area contributed by atoms with E-state index in [0.717, 1.165) is 32.4 Å². The molecule has 7 nitrogen and oxygen atoms in total. The van der Waals surface area contributed by atoms with Gasteiger partial charge in [0, 0.05) is 26.2 Å². The van der Waals surface area contributed by atoms with Crippen LogP contribution < -0.4 is 10.0 Å². The van der Waals surface area contributed by atoms with Crippen LogP contribution in [-0.4, -0.2) is 56.5 Å². The first-order valence-corrected chi connectivity index (χ1v) is 6.80. The molecule has 17 heavy (non-hydrogen) atoms. The number of anilines is 1. The van der Waals surface area contributed by atoms with Crippen LogP contribution in [0.5, 0.6) is 0 Å². The van der Waals surface area contributed by atoms with Crippen molar-refractivity contribution >= 4 is 15.8 Å². The lowest BCUT2D eigenvalue weighted by molar-refractivity contribution is 0.311. The van der Waals surface area contributed by atoms with Crippen molar-refractivity contribution in [1.82, 2.24) is 14.9 Å². The zero-order valence-corrected chi connectivity index (χ0v) is 10.4. The monoisotopic (exact) mass is 257 g/mol. The van der Waals surface area contributed by atoms with Crippen molar-refractivity contribution < 1.29 is 8.42 Å². The van der Waals surface area contributed by atoms with Crippen molar-refractivity contribution in [2.24, 2.45) is 5.14 Å². The Morgan fingerprint density at radius 2 is 1.88 bits per heavy atom. The summed E-state index contributed by atoms with van der Waals surface area (Å²) in [6.45, 7) is 3.45. The highest BCUT2D eigenvalue weighted by Gasteiger charge is 2.18. The molecule has 2 N–H and O–H groups in total. The van der Waals surface area contributed by atoms with Gasteiger partial charge in [0.1, 0.15) is 5.82 Å². The van der Waals surface area contributed by atoms with Crippen LogP contribution in [0.4, 0.5) is 5.82 Å². The Morgan fingerprint density at radius 1 is 1.24 bits per heavy atom. The van der Waals surface area contributed by atoms with Gasteiger partial charge in [0.15, 0.2) is 5.03 Å². The molecule has 1 aromatic rings. The third-order valence-corrected chi connectivity index (χ3v) is 3.50. The molecule has 1 aliphatic rings. The summed E-state index contributed by atoms with van der Waals surface area (Å²) in [4.78, 5) is 12.1. The van der Waals surface area contributed by atoms with Crippen LogP contribution in [0, 0.1) is 0 Å². The number of likely N-dealkylation sites (N-methyl/N-ethyl adjacent to an activating group) is 1. The van der Waals surface area contributed by atoms with Crippen molar-refractivity contribution in [3.05, 3.63) is 12.4 Å². The normalized spacial score (nSPS) is 18.4. The van der Waals surface area contributed by atoms with Gasteiger partial charge in [-0.3, -0.25) is 4.98 Å². The maximum atomic E-state index is 11.2. The lowest BCUT2D eigenvalue weighted by atomic mass is 10.3. The fraction of sp³-hybridized carbons (Fsp3) is 0.556. The minimum absolute atomic E-state index is 0.186. The largest absolute Gasteiger partial charge is 0.353 e. The molecule has 2 heterocycles. The van der Waals surface area contributed by atoms with Crippen LogP contribution in [0.1, 0.15) is 0 Å². The zero-order valence-electron chi connectivity index (χ0n) is 9.57. The second kappa shape index (κ2) is 4.55. The molecule has 0 saturated carbocycles. The number of nitrogens with zero attached hydrogens (tertiary/aromatic N) is 4. The zero-order chi connectivity index (χ0) is 12.5. The second-order valence-corrected chi connectivity index (χ2v) is 5.56. The number of primary sulfonamides is 1. The predicted octanol–water partition coefficient (Wildman–Crippen LogP) is -1.12. The van der Waals surface area contributed by atoms with Crippen molar-refractivity contribution in [2.45, 2.75) is 5.03 Å². The highest BCUT2D eigenvalue weighted by molar-refractivity contribution is 7.89.